The van der Waals surface area contributed by atoms with Gasteiger partial charge in [-0.25, -0.2) is 4.98 Å². The molecule has 1 aliphatic carbocycles. The van der Waals surface area contributed by atoms with E-state index in [4.69, 9.17) is 16.3 Å². The van der Waals surface area contributed by atoms with Crippen LogP contribution in [0.4, 0.5) is 0 Å². The zero-order valence-electron chi connectivity index (χ0n) is 12.7. The highest BCUT2D eigenvalue weighted by molar-refractivity contribution is 6.32. The summed E-state index contributed by atoms with van der Waals surface area (Å²) in [5, 5.41) is 0.501. The summed E-state index contributed by atoms with van der Waals surface area (Å²) in [7, 11) is 0. The second kappa shape index (κ2) is 6.09. The van der Waals surface area contributed by atoms with E-state index in [-0.39, 0.29) is 11.7 Å². The van der Waals surface area contributed by atoms with Gasteiger partial charge in [-0.15, -0.1) is 0 Å². The highest BCUT2D eigenvalue weighted by atomic mass is 35.5. The van der Waals surface area contributed by atoms with E-state index >= 15 is 0 Å². The Balaban J connectivity index is 1.65. The van der Waals surface area contributed by atoms with Crippen molar-refractivity contribution in [3.63, 3.8) is 0 Å². The molecule has 0 bridgehead atoms. The summed E-state index contributed by atoms with van der Waals surface area (Å²) in [5.41, 5.74) is 3.01. The van der Waals surface area contributed by atoms with E-state index in [1.54, 1.807) is 13.1 Å². The van der Waals surface area contributed by atoms with Crippen LogP contribution in [-0.2, 0) is 4.79 Å². The molecule has 0 N–H and O–H groups in total. The lowest BCUT2D eigenvalue weighted by Crippen LogP contribution is -2.04. The van der Waals surface area contributed by atoms with Crippen LogP contribution in [0.25, 0.3) is 11.1 Å². The number of benzene rings is 1. The van der Waals surface area contributed by atoms with E-state index in [0.717, 1.165) is 28.9 Å². The Morgan fingerprint density at radius 2 is 2.09 bits per heavy atom. The first kappa shape index (κ1) is 15.0. The molecular weight excluding hydrogens is 298 g/mol. The molecule has 1 aromatic carbocycles. The van der Waals surface area contributed by atoms with Gasteiger partial charge in [0.25, 0.3) is 0 Å². The van der Waals surface area contributed by atoms with Crippen molar-refractivity contribution in [2.75, 3.05) is 6.61 Å². The number of ether oxygens (including phenoxy) is 1. The molecular formula is C18H18ClNO2. The fourth-order valence-electron chi connectivity index (χ4n) is 2.62. The van der Waals surface area contributed by atoms with Crippen LogP contribution in [-0.4, -0.2) is 17.4 Å². The van der Waals surface area contributed by atoms with E-state index in [9.17, 15) is 4.79 Å². The molecule has 1 saturated carbocycles. The maximum absolute atomic E-state index is 11.2. The molecule has 1 heterocycles. The van der Waals surface area contributed by atoms with Crippen molar-refractivity contribution in [2.24, 2.45) is 11.8 Å². The average Bonchev–Trinajstić information content (AvgIpc) is 3.28. The summed E-state index contributed by atoms with van der Waals surface area (Å²) < 4.78 is 5.75. The van der Waals surface area contributed by atoms with Crippen molar-refractivity contribution in [1.29, 1.82) is 0 Å². The number of hydrogen-bond donors (Lipinski definition) is 0. The van der Waals surface area contributed by atoms with E-state index in [1.165, 1.54) is 0 Å². The molecule has 0 amide bonds. The molecule has 3 nitrogen and oxygen atoms in total. The van der Waals surface area contributed by atoms with Gasteiger partial charge in [-0.2, -0.15) is 0 Å². The average molecular weight is 316 g/mol. The fourth-order valence-corrected chi connectivity index (χ4v) is 2.83. The lowest BCUT2D eigenvalue weighted by molar-refractivity contribution is -0.118. The van der Waals surface area contributed by atoms with Gasteiger partial charge in [0.05, 0.1) is 6.61 Å². The summed E-state index contributed by atoms with van der Waals surface area (Å²) in [6.07, 6.45) is 2.71. The molecule has 0 radical (unpaired) electrons. The quantitative estimate of drug-likeness (QED) is 0.772. The van der Waals surface area contributed by atoms with E-state index < -0.39 is 0 Å². The van der Waals surface area contributed by atoms with E-state index in [1.807, 2.05) is 37.3 Å². The van der Waals surface area contributed by atoms with E-state index in [2.05, 4.69) is 4.98 Å². The Kier molecular flexibility index (Phi) is 4.16. The van der Waals surface area contributed by atoms with Crippen molar-refractivity contribution < 1.29 is 9.53 Å². The third-order valence-corrected chi connectivity index (χ3v) is 4.35. The van der Waals surface area contributed by atoms with Gasteiger partial charge in [0.1, 0.15) is 16.7 Å². The highest BCUT2D eigenvalue weighted by Crippen LogP contribution is 2.39. The first-order valence-corrected chi connectivity index (χ1v) is 7.78. The monoisotopic (exact) mass is 315 g/mol. The number of hydrogen-bond acceptors (Lipinski definition) is 3. The third-order valence-electron chi connectivity index (χ3n) is 4.05. The smallest absolute Gasteiger partial charge is 0.136 e. The highest BCUT2D eigenvalue weighted by Gasteiger charge is 2.41. The number of ketones is 1. The summed E-state index contributed by atoms with van der Waals surface area (Å²) >= 11 is 6.15. The van der Waals surface area contributed by atoms with Gasteiger partial charge in [-0.05, 0) is 49.6 Å². The van der Waals surface area contributed by atoms with Crippen LogP contribution in [0.2, 0.25) is 5.15 Å². The Hall–Kier alpha value is -1.87. The first-order valence-electron chi connectivity index (χ1n) is 7.40. The van der Waals surface area contributed by atoms with Gasteiger partial charge in [-0.3, -0.25) is 4.79 Å². The van der Waals surface area contributed by atoms with Gasteiger partial charge in [0, 0.05) is 23.6 Å². The SMILES string of the molecule is CC(=O)C1CC1COc1ccc(-c2cc(C)cnc2Cl)cc1. The maximum Gasteiger partial charge on any atom is 0.136 e. The predicted octanol–water partition coefficient (Wildman–Crippen LogP) is 4.31. The first-order chi connectivity index (χ1) is 10.5. The standard InChI is InChI=1S/C18H18ClNO2/c1-11-7-17(18(19)20-9-11)13-3-5-15(6-4-13)22-10-14-8-16(14)12(2)21/h3-7,9,14,16H,8,10H2,1-2H3. The molecule has 0 saturated heterocycles. The minimum Gasteiger partial charge on any atom is -0.493 e. The van der Waals surface area contributed by atoms with Crippen LogP contribution >= 0.6 is 11.6 Å². The predicted molar refractivity (Wildman–Crippen MR) is 87.2 cm³/mol. The molecule has 4 heteroatoms. The largest absolute Gasteiger partial charge is 0.493 e. The number of carbonyl (C=O) groups excluding carboxylic acids is 1. The van der Waals surface area contributed by atoms with Crippen LogP contribution in [0, 0.1) is 18.8 Å². The number of aromatic nitrogens is 1. The van der Waals surface area contributed by atoms with Crippen LogP contribution < -0.4 is 4.74 Å². The molecule has 0 aliphatic heterocycles. The number of Topliss-reactive ketones (excluding diaryl/α,β-unsaturated/α-hetero) is 1. The van der Waals surface area contributed by atoms with Gasteiger partial charge in [-0.1, -0.05) is 23.7 Å². The third kappa shape index (κ3) is 3.30. The fraction of sp³-hybridized carbons (Fsp3) is 0.333. The number of aryl methyl sites for hydroxylation is 1. The molecule has 2 unspecified atom stereocenters. The molecule has 2 aromatic rings. The summed E-state index contributed by atoms with van der Waals surface area (Å²) in [6.45, 7) is 4.25. The topological polar surface area (TPSA) is 39.2 Å². The Morgan fingerprint density at radius 3 is 2.73 bits per heavy atom. The lowest BCUT2D eigenvalue weighted by Gasteiger charge is -2.08. The molecule has 1 aromatic heterocycles. The minimum atomic E-state index is 0.205. The van der Waals surface area contributed by atoms with Crippen molar-refractivity contribution in [2.45, 2.75) is 20.3 Å². The Labute approximate surface area is 135 Å². The van der Waals surface area contributed by atoms with Crippen molar-refractivity contribution in [1.82, 2.24) is 4.98 Å². The molecule has 2 atom stereocenters. The Morgan fingerprint density at radius 1 is 1.36 bits per heavy atom. The van der Waals surface area contributed by atoms with E-state index in [0.29, 0.717) is 17.7 Å². The molecule has 0 spiro atoms. The van der Waals surface area contributed by atoms with Crippen LogP contribution in [0.3, 0.4) is 0 Å². The number of nitrogens with zero attached hydrogens (tertiary/aromatic N) is 1. The zero-order valence-corrected chi connectivity index (χ0v) is 13.4. The van der Waals surface area contributed by atoms with Crippen LogP contribution in [0.15, 0.2) is 36.5 Å². The number of rotatable bonds is 5. The zero-order chi connectivity index (χ0) is 15.7. The molecule has 1 fully saturated rings. The second-order valence-electron chi connectivity index (χ2n) is 5.90. The normalized spacial score (nSPS) is 19.8. The van der Waals surface area contributed by atoms with Crippen molar-refractivity contribution in [3.8, 4) is 16.9 Å². The summed E-state index contributed by atoms with van der Waals surface area (Å²) in [5.74, 6) is 1.67. The minimum absolute atomic E-state index is 0.205. The molecule has 114 valence electrons. The number of pyridine rings is 1. The molecule has 1 aliphatic rings. The second-order valence-corrected chi connectivity index (χ2v) is 6.26. The number of halogens is 1. The summed E-state index contributed by atoms with van der Waals surface area (Å²) in [4.78, 5) is 15.4. The van der Waals surface area contributed by atoms with Gasteiger partial charge < -0.3 is 4.74 Å². The summed E-state index contributed by atoms with van der Waals surface area (Å²) in [6, 6.07) is 9.84. The maximum atomic E-state index is 11.2. The van der Waals surface area contributed by atoms with Gasteiger partial charge in [0.2, 0.25) is 0 Å². The molecule has 3 rings (SSSR count). The van der Waals surface area contributed by atoms with Crippen molar-refractivity contribution >= 4 is 17.4 Å². The van der Waals surface area contributed by atoms with Crippen LogP contribution in [0.5, 0.6) is 5.75 Å². The van der Waals surface area contributed by atoms with Gasteiger partial charge >= 0.3 is 0 Å². The number of carbonyl (C=O) groups is 1. The Bertz CT molecular complexity index is 697. The van der Waals surface area contributed by atoms with Crippen LogP contribution in [0.1, 0.15) is 18.9 Å². The lowest BCUT2D eigenvalue weighted by atomic mass is 10.1. The van der Waals surface area contributed by atoms with Crippen molar-refractivity contribution in [3.05, 3.63) is 47.2 Å². The van der Waals surface area contributed by atoms with Gasteiger partial charge in [0.15, 0.2) is 0 Å². The molecule has 22 heavy (non-hydrogen) atoms.